The molecule has 1 aromatic carbocycles. The molecule has 1 nitrogen and oxygen atoms in total. The molecule has 1 aromatic rings. The second kappa shape index (κ2) is 6.00. The monoisotopic (exact) mass is 264 g/mol. The number of thioether (sulfide) groups is 1. The molecule has 0 spiro atoms. The van der Waals surface area contributed by atoms with Crippen molar-refractivity contribution >= 4 is 35.0 Å². The van der Waals surface area contributed by atoms with E-state index < -0.39 is 6.10 Å². The van der Waals surface area contributed by atoms with Gasteiger partial charge in [0.2, 0.25) is 0 Å². The third-order valence-electron chi connectivity index (χ3n) is 1.92. The molecule has 0 aliphatic rings. The second-order valence-electron chi connectivity index (χ2n) is 3.57. The van der Waals surface area contributed by atoms with E-state index in [0.29, 0.717) is 21.0 Å². The Balaban J connectivity index is 2.65. The van der Waals surface area contributed by atoms with Crippen LogP contribution in [0.15, 0.2) is 18.2 Å². The van der Waals surface area contributed by atoms with Gasteiger partial charge in [-0.05, 0) is 22.9 Å². The smallest absolute Gasteiger partial charge is 0.0881 e. The number of hydrogen-bond acceptors (Lipinski definition) is 2. The fraction of sp³-hybridized carbons (Fsp3) is 0.455. The average Bonchev–Trinajstić information content (AvgIpc) is 2.18. The summed E-state index contributed by atoms with van der Waals surface area (Å²) in [5.74, 6) is 0.676. The van der Waals surface area contributed by atoms with Crippen LogP contribution in [0, 0.1) is 0 Å². The Hall–Kier alpha value is 0.110. The van der Waals surface area contributed by atoms with Gasteiger partial charge in [0.25, 0.3) is 0 Å². The van der Waals surface area contributed by atoms with Crippen LogP contribution in [-0.4, -0.2) is 16.1 Å². The maximum atomic E-state index is 9.86. The lowest BCUT2D eigenvalue weighted by Crippen LogP contribution is -2.03. The molecule has 15 heavy (non-hydrogen) atoms. The van der Waals surface area contributed by atoms with E-state index in [9.17, 15) is 5.11 Å². The molecule has 1 atom stereocenters. The molecule has 0 saturated carbocycles. The van der Waals surface area contributed by atoms with Crippen LogP contribution >= 0.6 is 35.0 Å². The van der Waals surface area contributed by atoms with Gasteiger partial charge in [-0.25, -0.2) is 0 Å². The molecule has 1 unspecified atom stereocenters. The predicted molar refractivity (Wildman–Crippen MR) is 69.0 cm³/mol. The normalized spacial score (nSPS) is 13.2. The first-order valence-corrected chi connectivity index (χ1v) is 6.55. The molecular weight excluding hydrogens is 251 g/mol. The minimum absolute atomic E-state index is 0.479. The van der Waals surface area contributed by atoms with Crippen LogP contribution in [0.2, 0.25) is 10.0 Å². The van der Waals surface area contributed by atoms with E-state index >= 15 is 0 Å². The van der Waals surface area contributed by atoms with Gasteiger partial charge in [-0.2, -0.15) is 11.8 Å². The first-order valence-electron chi connectivity index (χ1n) is 4.75. The lowest BCUT2D eigenvalue weighted by atomic mass is 10.1. The van der Waals surface area contributed by atoms with Crippen LogP contribution in [0.25, 0.3) is 0 Å². The number of benzene rings is 1. The summed E-state index contributed by atoms with van der Waals surface area (Å²) in [5.41, 5.74) is 0.817. The van der Waals surface area contributed by atoms with E-state index in [-0.39, 0.29) is 0 Å². The van der Waals surface area contributed by atoms with Gasteiger partial charge in [0, 0.05) is 5.75 Å². The van der Waals surface area contributed by atoms with Crippen LogP contribution in [0.4, 0.5) is 0 Å². The number of hydrogen-bond donors (Lipinski definition) is 1. The van der Waals surface area contributed by atoms with Crippen molar-refractivity contribution in [2.45, 2.75) is 25.2 Å². The lowest BCUT2D eigenvalue weighted by Gasteiger charge is -2.12. The third-order valence-corrected chi connectivity index (χ3v) is 3.83. The van der Waals surface area contributed by atoms with E-state index in [0.717, 1.165) is 5.56 Å². The zero-order valence-corrected chi connectivity index (χ0v) is 11.0. The molecule has 1 rings (SSSR count). The van der Waals surface area contributed by atoms with Crippen molar-refractivity contribution in [2.24, 2.45) is 0 Å². The summed E-state index contributed by atoms with van der Waals surface area (Å²) >= 11 is 13.4. The van der Waals surface area contributed by atoms with Crippen molar-refractivity contribution < 1.29 is 5.11 Å². The summed E-state index contributed by atoms with van der Waals surface area (Å²) in [6, 6.07) is 5.23. The Morgan fingerprint density at radius 2 is 1.93 bits per heavy atom. The molecule has 0 saturated heterocycles. The molecule has 0 bridgehead atoms. The van der Waals surface area contributed by atoms with E-state index in [4.69, 9.17) is 23.2 Å². The maximum absolute atomic E-state index is 9.86. The number of aliphatic hydroxyl groups is 1. The summed E-state index contributed by atoms with van der Waals surface area (Å²) < 4.78 is 0. The SMILES string of the molecule is CC(C)SCC(O)c1ccc(Cl)c(Cl)c1. The molecule has 0 fully saturated rings. The molecule has 1 N–H and O–H groups in total. The van der Waals surface area contributed by atoms with Crippen LogP contribution in [0.3, 0.4) is 0 Å². The highest BCUT2D eigenvalue weighted by Gasteiger charge is 2.10. The molecule has 0 heterocycles. The zero-order chi connectivity index (χ0) is 11.4. The molecule has 0 radical (unpaired) electrons. The van der Waals surface area contributed by atoms with E-state index in [1.807, 2.05) is 0 Å². The van der Waals surface area contributed by atoms with Gasteiger partial charge < -0.3 is 5.11 Å². The van der Waals surface area contributed by atoms with Crippen molar-refractivity contribution in [1.82, 2.24) is 0 Å². The van der Waals surface area contributed by atoms with Gasteiger partial charge in [0.1, 0.15) is 0 Å². The molecule has 84 valence electrons. The Labute approximate surface area is 105 Å². The van der Waals surface area contributed by atoms with Gasteiger partial charge in [0.05, 0.1) is 16.1 Å². The van der Waals surface area contributed by atoms with Crippen molar-refractivity contribution in [2.75, 3.05) is 5.75 Å². The fourth-order valence-corrected chi connectivity index (χ4v) is 2.17. The predicted octanol–water partition coefficient (Wildman–Crippen LogP) is 4.17. The van der Waals surface area contributed by atoms with Crippen molar-refractivity contribution in [3.8, 4) is 0 Å². The molecule has 0 amide bonds. The highest BCUT2D eigenvalue weighted by atomic mass is 35.5. The Kier molecular flexibility index (Phi) is 5.27. The minimum Gasteiger partial charge on any atom is -0.388 e. The lowest BCUT2D eigenvalue weighted by molar-refractivity contribution is 0.204. The summed E-state index contributed by atoms with van der Waals surface area (Å²) in [6.45, 7) is 4.21. The molecule has 4 heteroatoms. The van der Waals surface area contributed by atoms with Crippen LogP contribution < -0.4 is 0 Å². The van der Waals surface area contributed by atoms with Gasteiger partial charge in [0.15, 0.2) is 0 Å². The van der Waals surface area contributed by atoms with Crippen LogP contribution in [0.5, 0.6) is 0 Å². The number of aliphatic hydroxyl groups excluding tert-OH is 1. The highest BCUT2D eigenvalue weighted by molar-refractivity contribution is 7.99. The van der Waals surface area contributed by atoms with Crippen LogP contribution in [0.1, 0.15) is 25.5 Å². The average molecular weight is 265 g/mol. The summed E-state index contributed by atoms with van der Waals surface area (Å²) in [6.07, 6.45) is -0.479. The Morgan fingerprint density at radius 1 is 1.27 bits per heavy atom. The summed E-state index contributed by atoms with van der Waals surface area (Å²) in [4.78, 5) is 0. The summed E-state index contributed by atoms with van der Waals surface area (Å²) in [5, 5.41) is 11.4. The molecular formula is C11H14Cl2OS. The Bertz CT molecular complexity index is 328. The number of rotatable bonds is 4. The minimum atomic E-state index is -0.479. The molecule has 0 aliphatic carbocycles. The third kappa shape index (κ3) is 4.23. The van der Waals surface area contributed by atoms with Gasteiger partial charge in [-0.3, -0.25) is 0 Å². The second-order valence-corrected chi connectivity index (χ2v) is 6.00. The van der Waals surface area contributed by atoms with Crippen molar-refractivity contribution in [3.05, 3.63) is 33.8 Å². The van der Waals surface area contributed by atoms with Crippen molar-refractivity contribution in [1.29, 1.82) is 0 Å². The summed E-state index contributed by atoms with van der Waals surface area (Å²) in [7, 11) is 0. The largest absolute Gasteiger partial charge is 0.388 e. The molecule has 0 aromatic heterocycles. The number of halogens is 2. The van der Waals surface area contributed by atoms with Gasteiger partial charge in [-0.15, -0.1) is 0 Å². The van der Waals surface area contributed by atoms with E-state index in [1.165, 1.54) is 0 Å². The van der Waals surface area contributed by atoms with Crippen LogP contribution in [-0.2, 0) is 0 Å². The Morgan fingerprint density at radius 3 is 2.47 bits per heavy atom. The molecule has 0 aliphatic heterocycles. The van der Waals surface area contributed by atoms with E-state index in [2.05, 4.69) is 13.8 Å². The highest BCUT2D eigenvalue weighted by Crippen LogP contribution is 2.27. The standard InChI is InChI=1S/C11H14Cl2OS/c1-7(2)15-6-11(14)8-3-4-9(12)10(13)5-8/h3-5,7,11,14H,6H2,1-2H3. The van der Waals surface area contributed by atoms with E-state index in [1.54, 1.807) is 30.0 Å². The van der Waals surface area contributed by atoms with Gasteiger partial charge in [-0.1, -0.05) is 43.1 Å². The first kappa shape index (κ1) is 13.2. The quantitative estimate of drug-likeness (QED) is 0.881. The topological polar surface area (TPSA) is 20.2 Å². The maximum Gasteiger partial charge on any atom is 0.0881 e. The zero-order valence-electron chi connectivity index (χ0n) is 8.71. The fourth-order valence-electron chi connectivity index (χ4n) is 1.10. The first-order chi connectivity index (χ1) is 7.00. The van der Waals surface area contributed by atoms with Gasteiger partial charge >= 0.3 is 0 Å². The van der Waals surface area contributed by atoms with Crippen molar-refractivity contribution in [3.63, 3.8) is 0 Å².